The second-order valence-electron chi connectivity index (χ2n) is 7.47. The molecule has 0 amide bonds. The van der Waals surface area contributed by atoms with Gasteiger partial charge < -0.3 is 15.1 Å². The summed E-state index contributed by atoms with van der Waals surface area (Å²) in [4.78, 5) is 13.0. The van der Waals surface area contributed by atoms with Crippen molar-refractivity contribution in [2.45, 2.75) is 13.5 Å². The Labute approximate surface area is 185 Å². The molecule has 8 nitrogen and oxygen atoms in total. The Morgan fingerprint density at radius 2 is 1.81 bits per heavy atom. The van der Waals surface area contributed by atoms with Crippen LogP contribution in [0.4, 0.5) is 5.82 Å². The lowest BCUT2D eigenvalue weighted by molar-refractivity contribution is 0.384. The Hall–Kier alpha value is -2.65. The van der Waals surface area contributed by atoms with Gasteiger partial charge in [0.2, 0.25) is 10.0 Å². The first-order chi connectivity index (χ1) is 15.0. The van der Waals surface area contributed by atoms with Crippen molar-refractivity contribution in [3.8, 4) is 0 Å². The summed E-state index contributed by atoms with van der Waals surface area (Å²) in [5, 5.41) is 3.25. The summed E-state index contributed by atoms with van der Waals surface area (Å²) >= 11 is 0. The van der Waals surface area contributed by atoms with Crippen molar-refractivity contribution < 1.29 is 8.42 Å². The minimum Gasteiger partial charge on any atom is -0.357 e. The number of anilines is 1. The number of nitrogens with zero attached hydrogens (tertiary/aromatic N) is 5. The minimum absolute atomic E-state index is 0.00462. The first-order valence-electron chi connectivity index (χ1n) is 10.7. The van der Waals surface area contributed by atoms with E-state index >= 15 is 0 Å². The lowest BCUT2D eigenvalue weighted by Crippen LogP contribution is -2.49. The maximum Gasteiger partial charge on any atom is 0.216 e. The van der Waals surface area contributed by atoms with Gasteiger partial charge in [-0.3, -0.25) is 4.99 Å². The van der Waals surface area contributed by atoms with Crippen LogP contribution in [-0.4, -0.2) is 80.6 Å². The van der Waals surface area contributed by atoms with E-state index in [2.05, 4.69) is 32.3 Å². The molecule has 2 aromatic rings. The third-order valence-corrected chi connectivity index (χ3v) is 7.03. The number of guanidine groups is 1. The third kappa shape index (κ3) is 6.67. The molecule has 3 rings (SSSR count). The zero-order chi connectivity index (χ0) is 22.1. The maximum atomic E-state index is 12.8. The van der Waals surface area contributed by atoms with Gasteiger partial charge in [0.15, 0.2) is 5.96 Å². The smallest absolute Gasteiger partial charge is 0.216 e. The SMILES string of the molecule is CCNC(=NCCS(=O)(=O)N1CCN(c2ccccn2)CC1)N(C)Cc1ccccc1. The number of sulfonamides is 1. The molecule has 0 radical (unpaired) electrons. The summed E-state index contributed by atoms with van der Waals surface area (Å²) in [5.41, 5.74) is 1.18. The van der Waals surface area contributed by atoms with Crippen LogP contribution in [0.3, 0.4) is 0 Å². The van der Waals surface area contributed by atoms with E-state index in [1.807, 2.05) is 55.3 Å². The normalized spacial score (nSPS) is 15.7. The molecule has 0 unspecified atom stereocenters. The number of hydrogen-bond acceptors (Lipinski definition) is 5. The summed E-state index contributed by atoms with van der Waals surface area (Å²) in [5.74, 6) is 1.60. The molecule has 0 spiro atoms. The Bertz CT molecular complexity index is 929. The molecule has 0 aliphatic carbocycles. The quantitative estimate of drug-likeness (QED) is 0.492. The van der Waals surface area contributed by atoms with Gasteiger partial charge >= 0.3 is 0 Å². The standard InChI is InChI=1S/C22H32N6O2S/c1-3-23-22(26(2)19-20-9-5-4-6-10-20)25-13-18-31(29,30)28-16-14-27(15-17-28)21-11-7-8-12-24-21/h4-12H,3,13-19H2,1-2H3,(H,23,25). The molecule has 0 bridgehead atoms. The fraction of sp³-hybridized carbons (Fsp3) is 0.455. The van der Waals surface area contributed by atoms with Crippen molar-refractivity contribution in [3.63, 3.8) is 0 Å². The fourth-order valence-corrected chi connectivity index (χ4v) is 4.83. The van der Waals surface area contributed by atoms with Crippen LogP contribution in [0.1, 0.15) is 12.5 Å². The van der Waals surface area contributed by atoms with Crippen LogP contribution in [0.2, 0.25) is 0 Å². The van der Waals surface area contributed by atoms with Crippen molar-refractivity contribution >= 4 is 21.8 Å². The van der Waals surface area contributed by atoms with E-state index < -0.39 is 10.0 Å². The van der Waals surface area contributed by atoms with Crippen molar-refractivity contribution in [3.05, 3.63) is 60.3 Å². The first-order valence-corrected chi connectivity index (χ1v) is 12.3. The lowest BCUT2D eigenvalue weighted by Gasteiger charge is -2.34. The summed E-state index contributed by atoms with van der Waals surface area (Å²) in [6.07, 6.45) is 1.76. The van der Waals surface area contributed by atoms with E-state index in [1.165, 1.54) is 5.56 Å². The number of piperazine rings is 1. The highest BCUT2D eigenvalue weighted by atomic mass is 32.2. The zero-order valence-corrected chi connectivity index (χ0v) is 19.1. The molecule has 31 heavy (non-hydrogen) atoms. The van der Waals surface area contributed by atoms with Crippen LogP contribution < -0.4 is 10.2 Å². The molecule has 2 heterocycles. The van der Waals surface area contributed by atoms with E-state index in [1.54, 1.807) is 10.5 Å². The van der Waals surface area contributed by atoms with Gasteiger partial charge in [-0.1, -0.05) is 36.4 Å². The largest absolute Gasteiger partial charge is 0.357 e. The van der Waals surface area contributed by atoms with E-state index in [0.717, 1.165) is 12.4 Å². The molecule has 1 aromatic heterocycles. The van der Waals surface area contributed by atoms with E-state index in [9.17, 15) is 8.42 Å². The molecule has 1 aromatic carbocycles. The summed E-state index contributed by atoms with van der Waals surface area (Å²) in [7, 11) is -1.39. The molecule has 0 saturated carbocycles. The van der Waals surface area contributed by atoms with Gasteiger partial charge in [-0.2, -0.15) is 4.31 Å². The van der Waals surface area contributed by atoms with Gasteiger partial charge in [0.1, 0.15) is 5.82 Å². The van der Waals surface area contributed by atoms with Crippen LogP contribution >= 0.6 is 0 Å². The second-order valence-corrected chi connectivity index (χ2v) is 9.56. The highest BCUT2D eigenvalue weighted by Crippen LogP contribution is 2.15. The molecule has 1 saturated heterocycles. The summed E-state index contributed by atoms with van der Waals surface area (Å²) in [6, 6.07) is 15.9. The van der Waals surface area contributed by atoms with Crippen LogP contribution in [0, 0.1) is 0 Å². The lowest BCUT2D eigenvalue weighted by atomic mass is 10.2. The molecule has 168 valence electrons. The van der Waals surface area contributed by atoms with Crippen LogP contribution in [0.5, 0.6) is 0 Å². The molecule has 9 heteroatoms. The first kappa shape index (κ1) is 23.0. The van der Waals surface area contributed by atoms with Crippen LogP contribution in [-0.2, 0) is 16.6 Å². The molecule has 1 aliphatic heterocycles. The van der Waals surface area contributed by atoms with Crippen LogP contribution in [0.15, 0.2) is 59.7 Å². The number of nitrogens with one attached hydrogen (secondary N) is 1. The molecule has 1 aliphatic rings. The number of rotatable bonds is 8. The molecular formula is C22H32N6O2S. The van der Waals surface area contributed by atoms with Gasteiger partial charge in [-0.25, -0.2) is 13.4 Å². The topological polar surface area (TPSA) is 81.1 Å². The Morgan fingerprint density at radius 3 is 2.45 bits per heavy atom. The average molecular weight is 445 g/mol. The predicted octanol–water partition coefficient (Wildman–Crippen LogP) is 1.63. The zero-order valence-electron chi connectivity index (χ0n) is 18.3. The van der Waals surface area contributed by atoms with Crippen molar-refractivity contribution in [2.24, 2.45) is 4.99 Å². The third-order valence-electron chi connectivity index (χ3n) is 5.18. The summed E-state index contributed by atoms with van der Waals surface area (Å²) in [6.45, 7) is 5.88. The Morgan fingerprint density at radius 1 is 1.10 bits per heavy atom. The minimum atomic E-state index is -3.35. The number of aliphatic imine (C=N–C) groups is 1. The highest BCUT2D eigenvalue weighted by Gasteiger charge is 2.27. The number of hydrogen-bond donors (Lipinski definition) is 1. The fourth-order valence-electron chi connectivity index (χ4n) is 3.53. The highest BCUT2D eigenvalue weighted by molar-refractivity contribution is 7.89. The van der Waals surface area contributed by atoms with E-state index in [0.29, 0.717) is 38.7 Å². The van der Waals surface area contributed by atoms with Crippen LogP contribution in [0.25, 0.3) is 0 Å². The van der Waals surface area contributed by atoms with Crippen molar-refractivity contribution in [2.75, 3.05) is 57.0 Å². The van der Waals surface area contributed by atoms with Crippen molar-refractivity contribution in [1.29, 1.82) is 0 Å². The van der Waals surface area contributed by atoms with Gasteiger partial charge in [0.05, 0.1) is 12.3 Å². The van der Waals surface area contributed by atoms with Gasteiger partial charge in [0, 0.05) is 52.5 Å². The monoisotopic (exact) mass is 444 g/mol. The number of benzene rings is 1. The predicted molar refractivity (Wildman–Crippen MR) is 126 cm³/mol. The molecular weight excluding hydrogens is 412 g/mol. The summed E-state index contributed by atoms with van der Waals surface area (Å²) < 4.78 is 27.2. The van der Waals surface area contributed by atoms with Gasteiger partial charge in [-0.05, 0) is 24.6 Å². The van der Waals surface area contributed by atoms with Crippen molar-refractivity contribution in [1.82, 2.24) is 19.5 Å². The molecule has 1 fully saturated rings. The Balaban J connectivity index is 1.53. The van der Waals surface area contributed by atoms with E-state index in [4.69, 9.17) is 0 Å². The average Bonchev–Trinajstić information content (AvgIpc) is 2.80. The maximum absolute atomic E-state index is 12.8. The number of aromatic nitrogens is 1. The Kier molecular flexibility index (Phi) is 8.25. The molecule has 0 atom stereocenters. The van der Waals surface area contributed by atoms with Gasteiger partial charge in [0.25, 0.3) is 0 Å². The van der Waals surface area contributed by atoms with Gasteiger partial charge in [-0.15, -0.1) is 0 Å². The second kappa shape index (κ2) is 11.1. The number of pyridine rings is 1. The van der Waals surface area contributed by atoms with E-state index in [-0.39, 0.29) is 12.3 Å². The molecule has 1 N–H and O–H groups in total.